The molecule has 0 aliphatic rings. The first-order chi connectivity index (χ1) is 6.56. The van der Waals surface area contributed by atoms with Crippen molar-refractivity contribution in [3.8, 4) is 0 Å². The molecular weight excluding hydrogens is 190 g/mol. The second-order valence-electron chi connectivity index (χ2n) is 3.07. The monoisotopic (exact) mass is 202 g/mol. The molecule has 1 aromatic rings. The van der Waals surface area contributed by atoms with Crippen LogP contribution in [-0.4, -0.2) is 12.2 Å². The van der Waals surface area contributed by atoms with Gasteiger partial charge < -0.3 is 9.84 Å². The predicted octanol–water partition coefficient (Wildman–Crippen LogP) is 2.16. The van der Waals surface area contributed by atoms with E-state index in [0.29, 0.717) is 0 Å². The Morgan fingerprint density at radius 1 is 1.36 bits per heavy atom. The molecule has 1 N–H and O–H groups in total. The van der Waals surface area contributed by atoms with Crippen molar-refractivity contribution in [2.45, 2.75) is 19.6 Å². The standard InChI is InChI=1S/C10H12F2O2/c1-6(13)7-3-9(11)8(5-14-2)10(12)4-7/h3-4,6,13H,5H2,1-2H3. The fourth-order valence-corrected chi connectivity index (χ4v) is 1.15. The number of hydrogen-bond acceptors (Lipinski definition) is 2. The van der Waals surface area contributed by atoms with Crippen LogP contribution in [0.25, 0.3) is 0 Å². The normalized spacial score (nSPS) is 12.9. The molecule has 2 nitrogen and oxygen atoms in total. The van der Waals surface area contributed by atoms with Crippen molar-refractivity contribution in [2.75, 3.05) is 7.11 Å². The summed E-state index contributed by atoms with van der Waals surface area (Å²) in [5.74, 6) is -1.38. The molecule has 1 atom stereocenters. The second kappa shape index (κ2) is 4.48. The van der Waals surface area contributed by atoms with Gasteiger partial charge >= 0.3 is 0 Å². The average molecular weight is 202 g/mol. The van der Waals surface area contributed by atoms with E-state index >= 15 is 0 Å². The molecule has 0 aliphatic heterocycles. The van der Waals surface area contributed by atoms with Crippen LogP contribution in [0.2, 0.25) is 0 Å². The van der Waals surface area contributed by atoms with Crippen molar-refractivity contribution in [3.05, 3.63) is 34.9 Å². The molecule has 0 fully saturated rings. The molecule has 0 amide bonds. The minimum absolute atomic E-state index is 0.113. The topological polar surface area (TPSA) is 29.5 Å². The van der Waals surface area contributed by atoms with Crippen molar-refractivity contribution in [1.29, 1.82) is 0 Å². The fourth-order valence-electron chi connectivity index (χ4n) is 1.15. The lowest BCUT2D eigenvalue weighted by Gasteiger charge is -2.09. The summed E-state index contributed by atoms with van der Waals surface area (Å²) >= 11 is 0. The number of ether oxygens (including phenoxy) is 1. The zero-order chi connectivity index (χ0) is 10.7. The Hall–Kier alpha value is -1.00. The van der Waals surface area contributed by atoms with Crippen LogP contribution in [0.1, 0.15) is 24.2 Å². The largest absolute Gasteiger partial charge is 0.389 e. The van der Waals surface area contributed by atoms with Crippen molar-refractivity contribution in [3.63, 3.8) is 0 Å². The summed E-state index contributed by atoms with van der Waals surface area (Å²) in [4.78, 5) is 0. The lowest BCUT2D eigenvalue weighted by Crippen LogP contribution is -2.01. The number of methoxy groups -OCH3 is 1. The van der Waals surface area contributed by atoms with Gasteiger partial charge in [0, 0.05) is 12.7 Å². The van der Waals surface area contributed by atoms with Crippen molar-refractivity contribution >= 4 is 0 Å². The number of benzene rings is 1. The van der Waals surface area contributed by atoms with Crippen LogP contribution in [-0.2, 0) is 11.3 Å². The molecule has 78 valence electrons. The SMILES string of the molecule is COCc1c(F)cc(C(C)O)cc1F. The molecule has 0 bridgehead atoms. The first kappa shape index (κ1) is 11.1. The van der Waals surface area contributed by atoms with E-state index in [0.717, 1.165) is 12.1 Å². The van der Waals surface area contributed by atoms with Crippen molar-refractivity contribution in [1.82, 2.24) is 0 Å². The quantitative estimate of drug-likeness (QED) is 0.813. The van der Waals surface area contributed by atoms with E-state index in [-0.39, 0.29) is 17.7 Å². The van der Waals surface area contributed by atoms with E-state index in [1.165, 1.54) is 14.0 Å². The van der Waals surface area contributed by atoms with Crippen molar-refractivity contribution in [2.24, 2.45) is 0 Å². The zero-order valence-corrected chi connectivity index (χ0v) is 8.05. The van der Waals surface area contributed by atoms with E-state index < -0.39 is 17.7 Å². The second-order valence-corrected chi connectivity index (χ2v) is 3.07. The van der Waals surface area contributed by atoms with Crippen LogP contribution in [0.15, 0.2) is 12.1 Å². The van der Waals surface area contributed by atoms with Gasteiger partial charge in [0.1, 0.15) is 11.6 Å². The van der Waals surface area contributed by atoms with E-state index in [1.54, 1.807) is 0 Å². The van der Waals surface area contributed by atoms with Crippen LogP contribution < -0.4 is 0 Å². The summed E-state index contributed by atoms with van der Waals surface area (Å²) in [7, 11) is 1.36. The molecule has 0 saturated heterocycles. The van der Waals surface area contributed by atoms with Gasteiger partial charge in [-0.3, -0.25) is 0 Å². The van der Waals surface area contributed by atoms with Gasteiger partial charge in [-0.1, -0.05) is 0 Å². The van der Waals surface area contributed by atoms with Crippen LogP contribution in [0, 0.1) is 11.6 Å². The molecule has 0 aromatic heterocycles. The molecule has 1 aromatic carbocycles. The van der Waals surface area contributed by atoms with Gasteiger partial charge in [0.2, 0.25) is 0 Å². The maximum absolute atomic E-state index is 13.2. The summed E-state index contributed by atoms with van der Waals surface area (Å²) < 4.78 is 31.1. The number of hydrogen-bond donors (Lipinski definition) is 1. The highest BCUT2D eigenvalue weighted by Gasteiger charge is 2.12. The van der Waals surface area contributed by atoms with Crippen LogP contribution in [0.5, 0.6) is 0 Å². The van der Waals surface area contributed by atoms with E-state index in [1.807, 2.05) is 0 Å². The van der Waals surface area contributed by atoms with Crippen LogP contribution >= 0.6 is 0 Å². The molecule has 0 aliphatic carbocycles. The number of aliphatic hydroxyl groups is 1. The lowest BCUT2D eigenvalue weighted by molar-refractivity contribution is 0.176. The Labute approximate surface area is 81.1 Å². The summed E-state index contributed by atoms with van der Waals surface area (Å²) in [6.07, 6.45) is -0.879. The molecule has 1 rings (SSSR count). The molecule has 1 unspecified atom stereocenters. The molecule has 0 spiro atoms. The van der Waals surface area contributed by atoms with Crippen LogP contribution in [0.3, 0.4) is 0 Å². The Morgan fingerprint density at radius 2 is 1.86 bits per heavy atom. The molecule has 0 radical (unpaired) electrons. The minimum atomic E-state index is -0.879. The molecule has 4 heteroatoms. The van der Waals surface area contributed by atoms with Gasteiger partial charge in [-0.15, -0.1) is 0 Å². The molecular formula is C10H12F2O2. The van der Waals surface area contributed by atoms with Gasteiger partial charge in [-0.2, -0.15) is 0 Å². The number of rotatable bonds is 3. The van der Waals surface area contributed by atoms with E-state index in [2.05, 4.69) is 4.74 Å². The Bertz CT molecular complexity index is 301. The zero-order valence-electron chi connectivity index (χ0n) is 8.05. The highest BCUT2D eigenvalue weighted by Crippen LogP contribution is 2.20. The number of aliphatic hydroxyl groups excluding tert-OH is 1. The summed E-state index contributed by atoms with van der Waals surface area (Å²) in [5, 5.41) is 9.13. The first-order valence-corrected chi connectivity index (χ1v) is 4.21. The summed E-state index contributed by atoms with van der Waals surface area (Å²) in [6.45, 7) is 1.34. The lowest BCUT2D eigenvalue weighted by atomic mass is 10.1. The predicted molar refractivity (Wildman–Crippen MR) is 47.7 cm³/mol. The fraction of sp³-hybridized carbons (Fsp3) is 0.400. The first-order valence-electron chi connectivity index (χ1n) is 4.21. The highest BCUT2D eigenvalue weighted by molar-refractivity contribution is 5.27. The highest BCUT2D eigenvalue weighted by atomic mass is 19.1. The van der Waals surface area contributed by atoms with Gasteiger partial charge in [0.25, 0.3) is 0 Å². The summed E-state index contributed by atoms with van der Waals surface area (Å²) in [6, 6.07) is 2.23. The van der Waals surface area contributed by atoms with Crippen molar-refractivity contribution < 1.29 is 18.6 Å². The third kappa shape index (κ3) is 2.27. The Balaban J connectivity index is 3.11. The van der Waals surface area contributed by atoms with Gasteiger partial charge in [-0.25, -0.2) is 8.78 Å². The minimum Gasteiger partial charge on any atom is -0.389 e. The van der Waals surface area contributed by atoms with E-state index in [4.69, 9.17) is 5.11 Å². The Kier molecular flexibility index (Phi) is 3.55. The molecule has 0 heterocycles. The number of halogens is 2. The third-order valence-electron chi connectivity index (χ3n) is 1.93. The van der Waals surface area contributed by atoms with E-state index in [9.17, 15) is 8.78 Å². The Morgan fingerprint density at radius 3 is 2.21 bits per heavy atom. The van der Waals surface area contributed by atoms with Gasteiger partial charge in [0.15, 0.2) is 0 Å². The average Bonchev–Trinajstić information content (AvgIpc) is 2.10. The third-order valence-corrected chi connectivity index (χ3v) is 1.93. The smallest absolute Gasteiger partial charge is 0.132 e. The molecule has 0 saturated carbocycles. The maximum Gasteiger partial charge on any atom is 0.132 e. The molecule has 14 heavy (non-hydrogen) atoms. The van der Waals surface area contributed by atoms with Gasteiger partial charge in [-0.05, 0) is 24.6 Å². The maximum atomic E-state index is 13.2. The van der Waals surface area contributed by atoms with Gasteiger partial charge in [0.05, 0.1) is 12.7 Å². The van der Waals surface area contributed by atoms with Crippen LogP contribution in [0.4, 0.5) is 8.78 Å². The summed E-state index contributed by atoms with van der Waals surface area (Å²) in [5.41, 5.74) is 0.108.